The molecule has 1 aromatic heterocycles. The second-order valence-electron chi connectivity index (χ2n) is 6.25. The highest BCUT2D eigenvalue weighted by Gasteiger charge is 2.11. The van der Waals surface area contributed by atoms with Crippen LogP contribution in [0.1, 0.15) is 11.1 Å². The van der Waals surface area contributed by atoms with Crippen LogP contribution in [0, 0.1) is 0 Å². The van der Waals surface area contributed by atoms with Crippen LogP contribution in [0.25, 0.3) is 0 Å². The zero-order valence-electron chi connectivity index (χ0n) is 15.6. The molecule has 0 saturated heterocycles. The number of para-hydroxylation sites is 1. The first-order chi connectivity index (χ1) is 13.6. The maximum Gasteiger partial charge on any atom is 0.233 e. The molecule has 6 nitrogen and oxygen atoms in total. The highest BCUT2D eigenvalue weighted by molar-refractivity contribution is 7.92. The number of methoxy groups -OCH3 is 1. The van der Waals surface area contributed by atoms with Crippen molar-refractivity contribution in [2.75, 3.05) is 22.9 Å². The minimum atomic E-state index is -3.44. The third-order valence-corrected chi connectivity index (χ3v) is 5.48. The number of anilines is 2. The molecule has 7 heteroatoms. The smallest absolute Gasteiger partial charge is 0.233 e. The molecule has 0 fully saturated rings. The molecule has 2 N–H and O–H groups in total. The third-order valence-electron chi connectivity index (χ3n) is 4.19. The Hall–Kier alpha value is -3.06. The maximum absolute atomic E-state index is 12.3. The predicted octanol–water partition coefficient (Wildman–Crippen LogP) is 3.69. The minimum Gasteiger partial charge on any atom is -0.496 e. The van der Waals surface area contributed by atoms with Gasteiger partial charge in [-0.15, -0.1) is 0 Å². The van der Waals surface area contributed by atoms with E-state index < -0.39 is 10.0 Å². The van der Waals surface area contributed by atoms with Crippen LogP contribution >= 0.6 is 0 Å². The average molecular weight is 398 g/mol. The van der Waals surface area contributed by atoms with E-state index in [0.29, 0.717) is 24.5 Å². The number of aryl methyl sites for hydroxylation is 1. The Morgan fingerprint density at radius 1 is 0.964 bits per heavy atom. The van der Waals surface area contributed by atoms with E-state index in [1.54, 1.807) is 19.2 Å². The highest BCUT2D eigenvalue weighted by atomic mass is 32.2. The van der Waals surface area contributed by atoms with Crippen molar-refractivity contribution in [2.45, 2.75) is 13.0 Å². The Balaban J connectivity index is 1.55. The summed E-state index contributed by atoms with van der Waals surface area (Å²) in [7, 11) is -1.80. The lowest BCUT2D eigenvalue weighted by atomic mass is 10.2. The molecule has 0 saturated carbocycles. The van der Waals surface area contributed by atoms with E-state index in [-0.39, 0.29) is 5.75 Å². The zero-order valence-corrected chi connectivity index (χ0v) is 16.4. The van der Waals surface area contributed by atoms with Crippen LogP contribution in [0.2, 0.25) is 0 Å². The van der Waals surface area contributed by atoms with Gasteiger partial charge in [0.25, 0.3) is 0 Å². The Labute approximate surface area is 165 Å². The van der Waals surface area contributed by atoms with Crippen LogP contribution < -0.4 is 14.8 Å². The van der Waals surface area contributed by atoms with E-state index in [4.69, 9.17) is 4.74 Å². The first-order valence-corrected chi connectivity index (χ1v) is 10.6. The van der Waals surface area contributed by atoms with Crippen LogP contribution in [0.3, 0.4) is 0 Å². The van der Waals surface area contributed by atoms with Gasteiger partial charge in [-0.05, 0) is 30.2 Å². The average Bonchev–Trinajstić information content (AvgIpc) is 2.72. The number of aromatic nitrogens is 1. The van der Waals surface area contributed by atoms with Crippen molar-refractivity contribution in [1.82, 2.24) is 4.98 Å². The molecule has 0 unspecified atom stereocenters. The number of nitrogens with zero attached hydrogens (tertiary/aromatic N) is 1. The van der Waals surface area contributed by atoms with Crippen LogP contribution in [-0.4, -0.2) is 26.3 Å². The van der Waals surface area contributed by atoms with Gasteiger partial charge >= 0.3 is 0 Å². The molecule has 0 aliphatic carbocycles. The van der Waals surface area contributed by atoms with Crippen molar-refractivity contribution in [1.29, 1.82) is 0 Å². The summed E-state index contributed by atoms with van der Waals surface area (Å²) >= 11 is 0. The summed E-state index contributed by atoms with van der Waals surface area (Å²) in [6.07, 6.45) is 1.97. The number of hydrogen-bond acceptors (Lipinski definition) is 5. The number of sulfonamides is 1. The van der Waals surface area contributed by atoms with Crippen molar-refractivity contribution in [3.05, 3.63) is 84.1 Å². The van der Waals surface area contributed by atoms with E-state index in [9.17, 15) is 8.42 Å². The third kappa shape index (κ3) is 5.72. The molecule has 3 rings (SSSR count). The summed E-state index contributed by atoms with van der Waals surface area (Å²) in [5, 5.41) is 3.20. The van der Waals surface area contributed by atoms with Crippen molar-refractivity contribution >= 4 is 21.5 Å². The quantitative estimate of drug-likeness (QED) is 0.576. The second kappa shape index (κ2) is 9.23. The number of rotatable bonds is 9. The summed E-state index contributed by atoms with van der Waals surface area (Å²) < 4.78 is 32.4. The molecular formula is C21H23N3O3S. The highest BCUT2D eigenvalue weighted by Crippen LogP contribution is 2.19. The van der Waals surface area contributed by atoms with Crippen molar-refractivity contribution in [2.24, 2.45) is 0 Å². The van der Waals surface area contributed by atoms with Gasteiger partial charge in [0, 0.05) is 12.1 Å². The first kappa shape index (κ1) is 19.7. The van der Waals surface area contributed by atoms with Crippen LogP contribution in [0.5, 0.6) is 5.75 Å². The van der Waals surface area contributed by atoms with Gasteiger partial charge in [-0.3, -0.25) is 4.72 Å². The van der Waals surface area contributed by atoms with Crippen molar-refractivity contribution in [3.8, 4) is 5.75 Å². The molecule has 0 aliphatic heterocycles. The van der Waals surface area contributed by atoms with Crippen LogP contribution in [-0.2, 0) is 23.0 Å². The molecular weight excluding hydrogens is 374 g/mol. The molecule has 2 aromatic carbocycles. The van der Waals surface area contributed by atoms with Gasteiger partial charge in [-0.25, -0.2) is 13.4 Å². The molecule has 1 heterocycles. The summed E-state index contributed by atoms with van der Waals surface area (Å²) in [6, 6.07) is 20.7. The SMILES string of the molecule is COc1ccccc1CNc1ccc(NS(=O)(=O)CCc2ccccc2)cn1. The summed E-state index contributed by atoms with van der Waals surface area (Å²) in [4.78, 5) is 4.27. The molecule has 3 aromatic rings. The molecule has 28 heavy (non-hydrogen) atoms. The van der Waals surface area contributed by atoms with E-state index >= 15 is 0 Å². The second-order valence-corrected chi connectivity index (χ2v) is 8.10. The number of hydrogen-bond donors (Lipinski definition) is 2. The number of pyridine rings is 1. The monoisotopic (exact) mass is 397 g/mol. The Bertz CT molecular complexity index is 991. The Kier molecular flexibility index (Phi) is 6.49. The molecule has 146 valence electrons. The lowest BCUT2D eigenvalue weighted by Crippen LogP contribution is -2.18. The largest absolute Gasteiger partial charge is 0.496 e. The van der Waals surface area contributed by atoms with Gasteiger partial charge in [0.05, 0.1) is 24.7 Å². The first-order valence-electron chi connectivity index (χ1n) is 8.92. The summed E-state index contributed by atoms with van der Waals surface area (Å²) in [5.41, 5.74) is 2.44. The number of benzene rings is 2. The maximum atomic E-state index is 12.3. The van der Waals surface area contributed by atoms with E-state index in [1.807, 2.05) is 54.6 Å². The predicted molar refractivity (Wildman–Crippen MR) is 112 cm³/mol. The lowest BCUT2D eigenvalue weighted by Gasteiger charge is -2.11. The number of nitrogens with one attached hydrogen (secondary N) is 2. The lowest BCUT2D eigenvalue weighted by molar-refractivity contribution is 0.410. The topological polar surface area (TPSA) is 80.3 Å². The van der Waals surface area contributed by atoms with Crippen LogP contribution in [0.15, 0.2) is 72.9 Å². The van der Waals surface area contributed by atoms with E-state index in [2.05, 4.69) is 15.0 Å². The molecule has 0 spiro atoms. The van der Waals surface area contributed by atoms with E-state index in [0.717, 1.165) is 16.9 Å². The summed E-state index contributed by atoms with van der Waals surface area (Å²) in [5.74, 6) is 1.47. The van der Waals surface area contributed by atoms with Gasteiger partial charge in [-0.2, -0.15) is 0 Å². The van der Waals surface area contributed by atoms with E-state index in [1.165, 1.54) is 6.20 Å². The fraction of sp³-hybridized carbons (Fsp3) is 0.190. The summed E-state index contributed by atoms with van der Waals surface area (Å²) in [6.45, 7) is 0.555. The van der Waals surface area contributed by atoms with Crippen LogP contribution in [0.4, 0.5) is 11.5 Å². The normalized spacial score (nSPS) is 11.0. The fourth-order valence-corrected chi connectivity index (χ4v) is 3.81. The molecule has 0 aliphatic rings. The van der Waals surface area contributed by atoms with Gasteiger partial charge in [0.1, 0.15) is 11.6 Å². The van der Waals surface area contributed by atoms with Crippen molar-refractivity contribution in [3.63, 3.8) is 0 Å². The fourth-order valence-electron chi connectivity index (χ4n) is 2.72. The minimum absolute atomic E-state index is 0.0187. The molecule has 0 radical (unpaired) electrons. The Morgan fingerprint density at radius 3 is 2.43 bits per heavy atom. The van der Waals surface area contributed by atoms with Gasteiger partial charge < -0.3 is 10.1 Å². The zero-order chi connectivity index (χ0) is 19.8. The molecule has 0 atom stereocenters. The molecule has 0 bridgehead atoms. The standard InChI is InChI=1S/C21H23N3O3S/c1-27-20-10-6-5-9-18(20)15-22-21-12-11-19(16-23-21)24-28(25,26)14-13-17-7-3-2-4-8-17/h2-12,16,24H,13-15H2,1H3,(H,22,23). The van der Waals surface area contributed by atoms with Gasteiger partial charge in [-0.1, -0.05) is 48.5 Å². The van der Waals surface area contributed by atoms with Crippen molar-refractivity contribution < 1.29 is 13.2 Å². The van der Waals surface area contributed by atoms with Gasteiger partial charge in [0.2, 0.25) is 10.0 Å². The Morgan fingerprint density at radius 2 is 1.71 bits per heavy atom. The molecule has 0 amide bonds. The van der Waals surface area contributed by atoms with Gasteiger partial charge in [0.15, 0.2) is 0 Å². The number of ether oxygens (including phenoxy) is 1.